The third-order valence-corrected chi connectivity index (χ3v) is 5.80. The summed E-state index contributed by atoms with van der Waals surface area (Å²) in [4.78, 5) is 8.12. The summed E-state index contributed by atoms with van der Waals surface area (Å²) in [6, 6.07) is 16.8. The molecule has 1 aliphatic heterocycles. The largest absolute Gasteiger partial charge is 0.333 e. The molecule has 3 heterocycles. The number of hydrogen-bond donors (Lipinski definition) is 0. The van der Waals surface area contributed by atoms with Crippen LogP contribution in [-0.4, -0.2) is 28.1 Å². The van der Waals surface area contributed by atoms with Gasteiger partial charge in [0, 0.05) is 25.2 Å². The highest BCUT2D eigenvalue weighted by atomic mass is 32.1. The summed E-state index contributed by atoms with van der Waals surface area (Å²) in [7, 11) is 0. The van der Waals surface area contributed by atoms with Crippen LogP contribution in [0.15, 0.2) is 58.4 Å². The van der Waals surface area contributed by atoms with Crippen molar-refractivity contribution in [3.05, 3.63) is 59.5 Å². The Morgan fingerprint density at radius 1 is 1.08 bits per heavy atom. The average molecular weight is 361 g/mol. The molecule has 5 rings (SSSR count). The van der Waals surface area contributed by atoms with E-state index in [9.17, 15) is 0 Å². The van der Waals surface area contributed by atoms with Crippen LogP contribution >= 0.6 is 11.3 Å². The maximum Gasteiger partial charge on any atom is 0.268 e. The fraction of sp³-hybridized carbons (Fsp3) is 0.238. The fourth-order valence-electron chi connectivity index (χ4n) is 3.73. The molecule has 0 saturated carbocycles. The Morgan fingerprint density at radius 2 is 1.92 bits per heavy atom. The van der Waals surface area contributed by atoms with E-state index in [1.54, 1.807) is 11.3 Å². The Hall–Kier alpha value is -2.50. The van der Waals surface area contributed by atoms with E-state index in [1.165, 1.54) is 29.4 Å². The van der Waals surface area contributed by atoms with E-state index >= 15 is 0 Å². The van der Waals surface area contributed by atoms with Gasteiger partial charge in [-0.05, 0) is 33.7 Å². The van der Waals surface area contributed by atoms with E-state index in [2.05, 4.69) is 58.4 Å². The van der Waals surface area contributed by atoms with Gasteiger partial charge in [0.05, 0.1) is 4.88 Å². The third-order valence-electron chi connectivity index (χ3n) is 4.95. The number of nitrogens with zero attached hydrogens (tertiary/aromatic N) is 3. The van der Waals surface area contributed by atoms with E-state index < -0.39 is 0 Å². The molecule has 130 valence electrons. The van der Waals surface area contributed by atoms with Gasteiger partial charge in [-0.15, -0.1) is 11.3 Å². The van der Waals surface area contributed by atoms with Crippen LogP contribution in [0.1, 0.15) is 12.5 Å². The van der Waals surface area contributed by atoms with Crippen LogP contribution in [0.2, 0.25) is 0 Å². The Labute approximate surface area is 156 Å². The lowest BCUT2D eigenvalue weighted by molar-refractivity contribution is 0.105. The molecule has 4 aromatic rings. The SMILES string of the molecule is CC1CN(Cc2ccc(-c3noc(-c4cccs4)n3)c3ccccc23)C1. The van der Waals surface area contributed by atoms with Gasteiger partial charge in [0.1, 0.15) is 0 Å². The Kier molecular flexibility index (Phi) is 3.84. The Bertz CT molecular complexity index is 1050. The molecular formula is C21H19N3OS. The zero-order valence-corrected chi connectivity index (χ0v) is 15.4. The number of hydrogen-bond acceptors (Lipinski definition) is 5. The molecule has 0 amide bonds. The second-order valence-electron chi connectivity index (χ2n) is 7.02. The minimum atomic E-state index is 0.581. The summed E-state index contributed by atoms with van der Waals surface area (Å²) in [6.07, 6.45) is 0. The van der Waals surface area contributed by atoms with Crippen LogP contribution in [0.25, 0.3) is 32.9 Å². The molecule has 2 aromatic heterocycles. The van der Waals surface area contributed by atoms with Crippen molar-refractivity contribution in [2.45, 2.75) is 13.5 Å². The maximum atomic E-state index is 5.49. The van der Waals surface area contributed by atoms with Gasteiger partial charge in [0.2, 0.25) is 5.82 Å². The normalized spacial score (nSPS) is 15.4. The number of benzene rings is 2. The summed E-state index contributed by atoms with van der Waals surface area (Å²) >= 11 is 1.60. The zero-order chi connectivity index (χ0) is 17.5. The molecule has 0 aliphatic carbocycles. The quantitative estimate of drug-likeness (QED) is 0.509. The zero-order valence-electron chi connectivity index (χ0n) is 14.6. The van der Waals surface area contributed by atoms with Gasteiger partial charge < -0.3 is 4.52 Å². The summed E-state index contributed by atoms with van der Waals surface area (Å²) in [5.74, 6) is 2.04. The van der Waals surface area contributed by atoms with Crippen molar-refractivity contribution in [3.63, 3.8) is 0 Å². The summed E-state index contributed by atoms with van der Waals surface area (Å²) < 4.78 is 5.49. The first-order chi connectivity index (χ1) is 12.8. The standard InChI is InChI=1S/C21H19N3OS/c1-14-11-24(12-14)13-15-8-9-18(17-6-3-2-5-16(15)17)20-22-21(25-23-20)19-7-4-10-26-19/h2-10,14H,11-13H2,1H3. The smallest absolute Gasteiger partial charge is 0.268 e. The molecule has 1 fully saturated rings. The molecule has 0 spiro atoms. The summed E-state index contributed by atoms with van der Waals surface area (Å²) in [5, 5.41) is 8.69. The first kappa shape index (κ1) is 15.7. The molecule has 1 saturated heterocycles. The topological polar surface area (TPSA) is 42.2 Å². The van der Waals surface area contributed by atoms with E-state index in [-0.39, 0.29) is 0 Å². The molecule has 0 bridgehead atoms. The highest BCUT2D eigenvalue weighted by Gasteiger charge is 2.23. The monoisotopic (exact) mass is 361 g/mol. The molecular weight excluding hydrogens is 342 g/mol. The lowest BCUT2D eigenvalue weighted by Gasteiger charge is -2.37. The van der Waals surface area contributed by atoms with Crippen molar-refractivity contribution < 1.29 is 4.52 Å². The summed E-state index contributed by atoms with van der Waals surface area (Å²) in [5.41, 5.74) is 2.38. The van der Waals surface area contributed by atoms with Crippen LogP contribution in [0.3, 0.4) is 0 Å². The lowest BCUT2D eigenvalue weighted by Crippen LogP contribution is -2.44. The molecule has 5 heteroatoms. The van der Waals surface area contributed by atoms with Gasteiger partial charge in [-0.3, -0.25) is 4.90 Å². The molecule has 0 N–H and O–H groups in total. The number of rotatable bonds is 4. The molecule has 1 aliphatic rings. The average Bonchev–Trinajstić information content (AvgIpc) is 3.32. The van der Waals surface area contributed by atoms with Crippen molar-refractivity contribution in [1.82, 2.24) is 15.0 Å². The van der Waals surface area contributed by atoms with Crippen LogP contribution in [-0.2, 0) is 6.54 Å². The van der Waals surface area contributed by atoms with E-state index in [1.807, 2.05) is 17.5 Å². The molecule has 4 nitrogen and oxygen atoms in total. The van der Waals surface area contributed by atoms with Crippen LogP contribution < -0.4 is 0 Å². The highest BCUT2D eigenvalue weighted by Crippen LogP contribution is 2.32. The minimum Gasteiger partial charge on any atom is -0.333 e. The van der Waals surface area contributed by atoms with Crippen molar-refractivity contribution in [3.8, 4) is 22.2 Å². The van der Waals surface area contributed by atoms with Gasteiger partial charge in [0.15, 0.2) is 0 Å². The van der Waals surface area contributed by atoms with E-state index in [0.29, 0.717) is 11.7 Å². The maximum absolute atomic E-state index is 5.49. The van der Waals surface area contributed by atoms with Crippen molar-refractivity contribution in [2.24, 2.45) is 5.92 Å². The fourth-order valence-corrected chi connectivity index (χ4v) is 4.37. The number of fused-ring (bicyclic) bond motifs is 1. The highest BCUT2D eigenvalue weighted by molar-refractivity contribution is 7.13. The van der Waals surface area contributed by atoms with E-state index in [0.717, 1.165) is 22.9 Å². The number of thiophene rings is 1. The Balaban J connectivity index is 1.54. The second-order valence-corrected chi connectivity index (χ2v) is 7.97. The number of aromatic nitrogens is 2. The lowest BCUT2D eigenvalue weighted by atomic mass is 9.96. The van der Waals surface area contributed by atoms with Gasteiger partial charge >= 0.3 is 0 Å². The second kappa shape index (κ2) is 6.34. The van der Waals surface area contributed by atoms with Crippen LogP contribution in [0, 0.1) is 5.92 Å². The Morgan fingerprint density at radius 3 is 2.69 bits per heavy atom. The van der Waals surface area contributed by atoms with Gasteiger partial charge in [0.25, 0.3) is 5.89 Å². The minimum absolute atomic E-state index is 0.581. The molecule has 0 atom stereocenters. The van der Waals surface area contributed by atoms with Crippen molar-refractivity contribution in [1.29, 1.82) is 0 Å². The molecule has 0 radical (unpaired) electrons. The predicted molar refractivity (Wildman–Crippen MR) is 105 cm³/mol. The van der Waals surface area contributed by atoms with E-state index in [4.69, 9.17) is 4.52 Å². The first-order valence-corrected chi connectivity index (χ1v) is 9.77. The van der Waals surface area contributed by atoms with Gasteiger partial charge in [-0.2, -0.15) is 4.98 Å². The molecule has 2 aromatic carbocycles. The van der Waals surface area contributed by atoms with Crippen LogP contribution in [0.5, 0.6) is 0 Å². The third kappa shape index (κ3) is 2.73. The van der Waals surface area contributed by atoms with Crippen molar-refractivity contribution >= 4 is 22.1 Å². The molecule has 26 heavy (non-hydrogen) atoms. The van der Waals surface area contributed by atoms with Gasteiger partial charge in [-0.1, -0.05) is 54.5 Å². The van der Waals surface area contributed by atoms with Crippen LogP contribution in [0.4, 0.5) is 0 Å². The molecule has 0 unspecified atom stereocenters. The first-order valence-electron chi connectivity index (χ1n) is 8.89. The van der Waals surface area contributed by atoms with Gasteiger partial charge in [-0.25, -0.2) is 0 Å². The predicted octanol–water partition coefficient (Wildman–Crippen LogP) is 5.07. The summed E-state index contributed by atoms with van der Waals surface area (Å²) in [6.45, 7) is 5.67. The number of likely N-dealkylation sites (tertiary alicyclic amines) is 1. The van der Waals surface area contributed by atoms with Crippen molar-refractivity contribution in [2.75, 3.05) is 13.1 Å².